The highest BCUT2D eigenvalue weighted by molar-refractivity contribution is 5.70. The standard InChI is InChI=1S/C16H18F3N5O/c1-23-6-8-24(9-7-23)14-10-12(21-15(20)22-14)11-4-2-3-5-13(11)25-16(17,18)19/h2-5,10H,6-9H2,1H3,(H2,20,21,22). The SMILES string of the molecule is CN1CCN(c2cc(-c3ccccc3OC(F)(F)F)nc(N)n2)CC1. The zero-order chi connectivity index (χ0) is 18.0. The molecule has 0 radical (unpaired) electrons. The zero-order valence-electron chi connectivity index (χ0n) is 13.6. The molecule has 0 atom stereocenters. The molecule has 0 bridgehead atoms. The highest BCUT2D eigenvalue weighted by atomic mass is 19.4. The highest BCUT2D eigenvalue weighted by Crippen LogP contribution is 2.34. The fourth-order valence-corrected chi connectivity index (χ4v) is 2.68. The smallest absolute Gasteiger partial charge is 0.405 e. The second-order valence-electron chi connectivity index (χ2n) is 5.80. The zero-order valence-corrected chi connectivity index (χ0v) is 13.6. The number of benzene rings is 1. The molecule has 0 aliphatic carbocycles. The number of alkyl halides is 3. The predicted molar refractivity (Wildman–Crippen MR) is 88.3 cm³/mol. The van der Waals surface area contributed by atoms with Gasteiger partial charge in [-0.15, -0.1) is 13.2 Å². The lowest BCUT2D eigenvalue weighted by Gasteiger charge is -2.33. The quantitative estimate of drug-likeness (QED) is 0.914. The van der Waals surface area contributed by atoms with Gasteiger partial charge in [0.15, 0.2) is 0 Å². The molecular weight excluding hydrogens is 335 g/mol. The number of nitrogens with two attached hydrogens (primary N) is 1. The van der Waals surface area contributed by atoms with Gasteiger partial charge in [0.25, 0.3) is 0 Å². The molecular formula is C16H18F3N5O. The van der Waals surface area contributed by atoms with Crippen molar-refractivity contribution >= 4 is 11.8 Å². The summed E-state index contributed by atoms with van der Waals surface area (Å²) in [5.74, 6) is 0.281. The van der Waals surface area contributed by atoms with Crippen molar-refractivity contribution in [2.75, 3.05) is 43.9 Å². The molecule has 2 heterocycles. The maximum absolute atomic E-state index is 12.6. The van der Waals surface area contributed by atoms with Crippen molar-refractivity contribution in [3.63, 3.8) is 0 Å². The van der Waals surface area contributed by atoms with Crippen LogP contribution < -0.4 is 15.4 Å². The summed E-state index contributed by atoms with van der Waals surface area (Å²) in [5.41, 5.74) is 6.29. The van der Waals surface area contributed by atoms with Gasteiger partial charge in [0, 0.05) is 37.8 Å². The summed E-state index contributed by atoms with van der Waals surface area (Å²) >= 11 is 0. The molecule has 6 nitrogen and oxygen atoms in total. The van der Waals surface area contributed by atoms with Gasteiger partial charge in [-0.25, -0.2) is 4.98 Å². The Bertz CT molecular complexity index is 745. The third kappa shape index (κ3) is 4.30. The van der Waals surface area contributed by atoms with Crippen LogP contribution in [-0.4, -0.2) is 54.5 Å². The number of hydrogen-bond acceptors (Lipinski definition) is 6. The molecule has 1 aromatic carbocycles. The average molecular weight is 353 g/mol. The Hall–Kier alpha value is -2.55. The number of rotatable bonds is 3. The first-order valence-corrected chi connectivity index (χ1v) is 7.75. The fraction of sp³-hybridized carbons (Fsp3) is 0.375. The number of halogens is 3. The van der Waals surface area contributed by atoms with Gasteiger partial charge in [-0.3, -0.25) is 0 Å². The van der Waals surface area contributed by atoms with Crippen LogP contribution >= 0.6 is 0 Å². The number of nitrogen functional groups attached to an aromatic ring is 1. The van der Waals surface area contributed by atoms with Gasteiger partial charge in [0.2, 0.25) is 5.95 Å². The van der Waals surface area contributed by atoms with E-state index in [4.69, 9.17) is 5.73 Å². The van der Waals surface area contributed by atoms with Gasteiger partial charge in [0.05, 0.1) is 5.69 Å². The first-order chi connectivity index (χ1) is 11.8. The van der Waals surface area contributed by atoms with E-state index in [1.54, 1.807) is 12.1 Å². The van der Waals surface area contributed by atoms with Crippen molar-refractivity contribution in [2.24, 2.45) is 0 Å². The van der Waals surface area contributed by atoms with Crippen LogP contribution in [0.25, 0.3) is 11.3 Å². The highest BCUT2D eigenvalue weighted by Gasteiger charge is 2.32. The summed E-state index contributed by atoms with van der Waals surface area (Å²) in [6.45, 7) is 3.25. The first-order valence-electron chi connectivity index (χ1n) is 7.75. The summed E-state index contributed by atoms with van der Waals surface area (Å²) in [4.78, 5) is 12.5. The Balaban J connectivity index is 1.96. The average Bonchev–Trinajstić information content (AvgIpc) is 2.54. The van der Waals surface area contributed by atoms with Gasteiger partial charge in [-0.2, -0.15) is 4.98 Å². The van der Waals surface area contributed by atoms with Gasteiger partial charge < -0.3 is 20.3 Å². The summed E-state index contributed by atoms with van der Waals surface area (Å²) in [7, 11) is 2.03. The Morgan fingerprint density at radius 3 is 2.44 bits per heavy atom. The number of anilines is 2. The molecule has 1 saturated heterocycles. The minimum atomic E-state index is -4.78. The van der Waals surface area contributed by atoms with E-state index >= 15 is 0 Å². The van der Waals surface area contributed by atoms with Crippen LogP contribution in [0.2, 0.25) is 0 Å². The Kier molecular flexibility index (Phi) is 4.67. The van der Waals surface area contributed by atoms with E-state index in [1.807, 2.05) is 11.9 Å². The maximum atomic E-state index is 12.6. The Labute approximate surface area is 143 Å². The number of likely N-dealkylation sites (N-methyl/N-ethyl adjacent to an activating group) is 1. The molecule has 134 valence electrons. The summed E-state index contributed by atoms with van der Waals surface area (Å²) in [6, 6.07) is 7.48. The van der Waals surface area contributed by atoms with E-state index in [0.29, 0.717) is 11.5 Å². The Morgan fingerprint density at radius 2 is 1.76 bits per heavy atom. The number of hydrogen-bond donors (Lipinski definition) is 1. The molecule has 1 fully saturated rings. The number of ether oxygens (including phenoxy) is 1. The largest absolute Gasteiger partial charge is 0.573 e. The predicted octanol–water partition coefficient (Wildman–Crippen LogP) is 2.38. The van der Waals surface area contributed by atoms with Crippen LogP contribution in [0.3, 0.4) is 0 Å². The van der Waals surface area contributed by atoms with E-state index in [9.17, 15) is 13.2 Å². The van der Waals surface area contributed by atoms with Crippen molar-refractivity contribution in [3.05, 3.63) is 30.3 Å². The molecule has 1 aromatic heterocycles. The molecule has 25 heavy (non-hydrogen) atoms. The Morgan fingerprint density at radius 1 is 1.08 bits per heavy atom. The summed E-state index contributed by atoms with van der Waals surface area (Å²) in [6.07, 6.45) is -4.78. The monoisotopic (exact) mass is 353 g/mol. The lowest BCUT2D eigenvalue weighted by molar-refractivity contribution is -0.274. The second-order valence-corrected chi connectivity index (χ2v) is 5.80. The van der Waals surface area contributed by atoms with E-state index < -0.39 is 6.36 Å². The van der Waals surface area contributed by atoms with Crippen LogP contribution in [0, 0.1) is 0 Å². The molecule has 2 aromatic rings. The first kappa shape index (κ1) is 17.3. The summed E-state index contributed by atoms with van der Waals surface area (Å²) < 4.78 is 42.0. The van der Waals surface area contributed by atoms with E-state index in [-0.39, 0.29) is 17.3 Å². The summed E-state index contributed by atoms with van der Waals surface area (Å²) in [5, 5.41) is 0. The molecule has 0 spiro atoms. The van der Waals surface area contributed by atoms with Gasteiger partial charge in [-0.05, 0) is 19.2 Å². The third-order valence-corrected chi connectivity index (χ3v) is 3.95. The molecule has 3 rings (SSSR count). The lowest BCUT2D eigenvalue weighted by Crippen LogP contribution is -2.44. The van der Waals surface area contributed by atoms with Crippen molar-refractivity contribution in [2.45, 2.75) is 6.36 Å². The van der Waals surface area contributed by atoms with Crippen molar-refractivity contribution in [1.29, 1.82) is 0 Å². The number of piperazine rings is 1. The molecule has 9 heteroatoms. The van der Waals surface area contributed by atoms with Gasteiger partial charge >= 0.3 is 6.36 Å². The topological polar surface area (TPSA) is 67.5 Å². The fourth-order valence-electron chi connectivity index (χ4n) is 2.68. The van der Waals surface area contributed by atoms with E-state index in [1.165, 1.54) is 18.2 Å². The van der Waals surface area contributed by atoms with Crippen LogP contribution in [0.15, 0.2) is 30.3 Å². The van der Waals surface area contributed by atoms with Crippen LogP contribution in [-0.2, 0) is 0 Å². The van der Waals surface area contributed by atoms with Crippen molar-refractivity contribution < 1.29 is 17.9 Å². The van der Waals surface area contributed by atoms with E-state index in [0.717, 1.165) is 26.2 Å². The molecule has 0 amide bonds. The molecule has 1 aliphatic rings. The van der Waals surface area contributed by atoms with Crippen LogP contribution in [0.1, 0.15) is 0 Å². The van der Waals surface area contributed by atoms with Gasteiger partial charge in [0.1, 0.15) is 11.6 Å². The lowest BCUT2D eigenvalue weighted by atomic mass is 10.1. The van der Waals surface area contributed by atoms with Crippen LogP contribution in [0.5, 0.6) is 5.75 Å². The molecule has 2 N–H and O–H groups in total. The second kappa shape index (κ2) is 6.75. The van der Waals surface area contributed by atoms with Crippen LogP contribution in [0.4, 0.5) is 24.9 Å². The molecule has 0 saturated carbocycles. The number of aromatic nitrogens is 2. The van der Waals surface area contributed by atoms with Gasteiger partial charge in [-0.1, -0.05) is 12.1 Å². The number of para-hydroxylation sites is 1. The normalized spacial score (nSPS) is 16.1. The maximum Gasteiger partial charge on any atom is 0.573 e. The minimum Gasteiger partial charge on any atom is -0.405 e. The number of nitrogens with zero attached hydrogens (tertiary/aromatic N) is 4. The van der Waals surface area contributed by atoms with Crippen molar-refractivity contribution in [1.82, 2.24) is 14.9 Å². The molecule has 0 unspecified atom stereocenters. The minimum absolute atomic E-state index is 0.00763. The van der Waals surface area contributed by atoms with E-state index in [2.05, 4.69) is 19.6 Å². The third-order valence-electron chi connectivity index (χ3n) is 3.95. The van der Waals surface area contributed by atoms with Crippen molar-refractivity contribution in [3.8, 4) is 17.0 Å². The molecule has 1 aliphatic heterocycles.